The second-order valence-corrected chi connectivity index (χ2v) is 7.50. The van der Waals surface area contributed by atoms with Crippen molar-refractivity contribution in [3.05, 3.63) is 94.5 Å². The minimum atomic E-state index is -4.87. The second-order valence-electron chi connectivity index (χ2n) is 7.06. The predicted molar refractivity (Wildman–Crippen MR) is 111 cm³/mol. The lowest BCUT2D eigenvalue weighted by molar-refractivity contribution is -0.253. The summed E-state index contributed by atoms with van der Waals surface area (Å²) in [6, 6.07) is 12.8. The van der Waals surface area contributed by atoms with Gasteiger partial charge in [-0.2, -0.15) is 17.6 Å². The van der Waals surface area contributed by atoms with E-state index >= 15 is 0 Å². The standard InChI is InChI=1S/C22H17ClF5N3O2/c23-15-6-7-18(30-12-15)21(31-20(29)32,11-13-4-2-1-3-5-13)14-8-16(24)10-17(9-14)33-22(27,28)19(25)26/h1-10,12,19H,11H2,(H3,29,31,32)/t21-/m0/s1. The van der Waals surface area contributed by atoms with Crippen LogP contribution in [0.4, 0.5) is 26.7 Å². The van der Waals surface area contributed by atoms with E-state index in [0.29, 0.717) is 11.6 Å². The Morgan fingerprint density at radius 1 is 1.12 bits per heavy atom. The molecule has 3 N–H and O–H groups in total. The van der Waals surface area contributed by atoms with Gasteiger partial charge in [-0.05, 0) is 35.4 Å². The summed E-state index contributed by atoms with van der Waals surface area (Å²) in [5.74, 6) is -1.96. The Hall–Kier alpha value is -3.40. The van der Waals surface area contributed by atoms with Crippen molar-refractivity contribution in [2.24, 2.45) is 5.73 Å². The topological polar surface area (TPSA) is 77.2 Å². The van der Waals surface area contributed by atoms with Crippen molar-refractivity contribution in [2.75, 3.05) is 0 Å². The first-order valence-corrected chi connectivity index (χ1v) is 9.79. The third-order valence-electron chi connectivity index (χ3n) is 4.69. The molecule has 0 fully saturated rings. The summed E-state index contributed by atoms with van der Waals surface area (Å²) in [5.41, 5.74) is 4.35. The van der Waals surface area contributed by atoms with Gasteiger partial charge < -0.3 is 15.8 Å². The van der Waals surface area contributed by atoms with Crippen LogP contribution in [0, 0.1) is 5.82 Å². The molecular formula is C22H17ClF5N3O2. The van der Waals surface area contributed by atoms with Gasteiger partial charge in [-0.1, -0.05) is 41.9 Å². The van der Waals surface area contributed by atoms with Crippen molar-refractivity contribution in [1.29, 1.82) is 0 Å². The number of benzene rings is 2. The number of amides is 2. The summed E-state index contributed by atoms with van der Waals surface area (Å²) >= 11 is 5.92. The number of rotatable bonds is 8. The fourth-order valence-corrected chi connectivity index (χ4v) is 3.44. The SMILES string of the molecule is NC(=O)N[C@@](Cc1ccccc1)(c1cc(F)cc(OC(F)(F)C(F)F)c1)c1ccc(Cl)cn1. The van der Waals surface area contributed by atoms with E-state index in [1.165, 1.54) is 18.3 Å². The zero-order valence-corrected chi connectivity index (χ0v) is 17.5. The lowest BCUT2D eigenvalue weighted by Gasteiger charge is -2.35. The minimum Gasteiger partial charge on any atom is -0.428 e. The van der Waals surface area contributed by atoms with Gasteiger partial charge in [0.2, 0.25) is 0 Å². The summed E-state index contributed by atoms with van der Waals surface area (Å²) in [6.07, 6.45) is -7.82. The number of alkyl halides is 4. The van der Waals surface area contributed by atoms with Gasteiger partial charge in [0.05, 0.1) is 10.7 Å². The summed E-state index contributed by atoms with van der Waals surface area (Å²) in [4.78, 5) is 16.2. The van der Waals surface area contributed by atoms with Gasteiger partial charge in [-0.25, -0.2) is 9.18 Å². The van der Waals surface area contributed by atoms with E-state index in [2.05, 4.69) is 15.0 Å². The highest BCUT2D eigenvalue weighted by atomic mass is 35.5. The number of nitrogens with one attached hydrogen (secondary N) is 1. The Morgan fingerprint density at radius 2 is 1.82 bits per heavy atom. The van der Waals surface area contributed by atoms with Crippen LogP contribution >= 0.6 is 11.6 Å². The number of pyridine rings is 1. The molecule has 3 rings (SSSR count). The predicted octanol–water partition coefficient (Wildman–Crippen LogP) is 5.27. The van der Waals surface area contributed by atoms with E-state index in [1.807, 2.05) is 0 Å². The number of hydrogen-bond acceptors (Lipinski definition) is 3. The molecule has 0 aliphatic rings. The number of aromatic nitrogens is 1. The van der Waals surface area contributed by atoms with Crippen molar-refractivity contribution < 1.29 is 31.5 Å². The molecule has 2 aromatic carbocycles. The maximum atomic E-state index is 14.5. The zero-order chi connectivity index (χ0) is 24.2. The quantitative estimate of drug-likeness (QED) is 0.427. The largest absolute Gasteiger partial charge is 0.461 e. The molecule has 5 nitrogen and oxygen atoms in total. The van der Waals surface area contributed by atoms with E-state index in [1.54, 1.807) is 30.3 Å². The molecule has 0 aliphatic heterocycles. The number of nitrogens with two attached hydrogens (primary N) is 1. The van der Waals surface area contributed by atoms with Crippen molar-refractivity contribution in [3.8, 4) is 5.75 Å². The fraction of sp³-hybridized carbons (Fsp3) is 0.182. The summed E-state index contributed by atoms with van der Waals surface area (Å²) < 4.78 is 70.8. The second kappa shape index (κ2) is 9.62. The van der Waals surface area contributed by atoms with Crippen molar-refractivity contribution >= 4 is 17.6 Å². The maximum Gasteiger partial charge on any atom is 0.461 e. The van der Waals surface area contributed by atoms with Crippen LogP contribution in [0.1, 0.15) is 16.8 Å². The Morgan fingerprint density at radius 3 is 2.39 bits per heavy atom. The van der Waals surface area contributed by atoms with Gasteiger partial charge in [0.1, 0.15) is 17.1 Å². The van der Waals surface area contributed by atoms with Crippen molar-refractivity contribution in [3.63, 3.8) is 0 Å². The number of urea groups is 1. The highest BCUT2D eigenvalue weighted by Crippen LogP contribution is 2.37. The molecule has 1 aromatic heterocycles. The van der Waals surface area contributed by atoms with Gasteiger partial charge in [0.15, 0.2) is 0 Å². The zero-order valence-electron chi connectivity index (χ0n) is 16.7. The Bertz CT molecular complexity index is 1120. The highest BCUT2D eigenvalue weighted by molar-refractivity contribution is 6.30. The number of carbonyl (C=O) groups is 1. The monoisotopic (exact) mass is 485 g/mol. The summed E-state index contributed by atoms with van der Waals surface area (Å²) in [7, 11) is 0. The van der Waals surface area contributed by atoms with Crippen LogP contribution in [-0.2, 0) is 12.0 Å². The van der Waals surface area contributed by atoms with E-state index in [9.17, 15) is 26.7 Å². The highest BCUT2D eigenvalue weighted by Gasteiger charge is 2.45. The molecular weight excluding hydrogens is 469 g/mol. The number of primary amides is 1. The van der Waals surface area contributed by atoms with Gasteiger partial charge in [-0.3, -0.25) is 4.98 Å². The molecule has 174 valence electrons. The smallest absolute Gasteiger partial charge is 0.428 e. The minimum absolute atomic E-state index is 0.0560. The van der Waals surface area contributed by atoms with E-state index in [-0.39, 0.29) is 22.7 Å². The molecule has 1 heterocycles. The summed E-state index contributed by atoms with van der Waals surface area (Å²) in [5, 5.41) is 2.77. The molecule has 33 heavy (non-hydrogen) atoms. The molecule has 2 amide bonds. The molecule has 0 unspecified atom stereocenters. The van der Waals surface area contributed by atoms with Gasteiger partial charge in [-0.15, -0.1) is 0 Å². The van der Waals surface area contributed by atoms with Gasteiger partial charge in [0.25, 0.3) is 0 Å². The van der Waals surface area contributed by atoms with Crippen molar-refractivity contribution in [2.45, 2.75) is 24.5 Å². The molecule has 0 aliphatic carbocycles. The van der Waals surface area contributed by atoms with E-state index in [4.69, 9.17) is 17.3 Å². The summed E-state index contributed by atoms with van der Waals surface area (Å²) in [6.45, 7) is 0. The number of carbonyl (C=O) groups excluding carboxylic acids is 1. The van der Waals surface area contributed by atoms with Crippen LogP contribution in [0.5, 0.6) is 5.75 Å². The molecule has 0 saturated carbocycles. The van der Waals surface area contributed by atoms with Crippen LogP contribution in [-0.4, -0.2) is 23.5 Å². The Labute approximate surface area is 190 Å². The Kier molecular flexibility index (Phi) is 7.06. The number of halogens is 6. The molecule has 0 saturated heterocycles. The first kappa shape index (κ1) is 24.2. The molecule has 3 aromatic rings. The normalized spacial score (nSPS) is 13.4. The third kappa shape index (κ3) is 5.70. The molecule has 0 radical (unpaired) electrons. The fourth-order valence-electron chi connectivity index (χ4n) is 3.33. The number of hydrogen-bond donors (Lipinski definition) is 2. The number of ether oxygens (including phenoxy) is 1. The average Bonchev–Trinajstić information content (AvgIpc) is 2.73. The van der Waals surface area contributed by atoms with Crippen molar-refractivity contribution in [1.82, 2.24) is 10.3 Å². The van der Waals surface area contributed by atoms with Gasteiger partial charge in [0, 0.05) is 18.7 Å². The molecule has 11 heteroatoms. The van der Waals surface area contributed by atoms with Crippen LogP contribution in [0.15, 0.2) is 66.9 Å². The Balaban J connectivity index is 2.23. The van der Waals surface area contributed by atoms with Crippen LogP contribution in [0.25, 0.3) is 0 Å². The molecule has 0 bridgehead atoms. The van der Waals surface area contributed by atoms with E-state index < -0.39 is 35.7 Å². The molecule has 0 spiro atoms. The first-order chi connectivity index (χ1) is 15.5. The lowest BCUT2D eigenvalue weighted by atomic mass is 9.80. The van der Waals surface area contributed by atoms with Crippen LogP contribution in [0.3, 0.4) is 0 Å². The lowest BCUT2D eigenvalue weighted by Crippen LogP contribution is -2.51. The first-order valence-electron chi connectivity index (χ1n) is 9.41. The number of nitrogens with zero attached hydrogens (tertiary/aromatic N) is 1. The van der Waals surface area contributed by atoms with E-state index in [0.717, 1.165) is 12.1 Å². The molecule has 1 atom stereocenters. The van der Waals surface area contributed by atoms with Crippen LogP contribution in [0.2, 0.25) is 5.02 Å². The third-order valence-corrected chi connectivity index (χ3v) is 4.91. The van der Waals surface area contributed by atoms with Gasteiger partial charge >= 0.3 is 18.6 Å². The maximum absolute atomic E-state index is 14.5. The average molecular weight is 486 g/mol. The van der Waals surface area contributed by atoms with Crippen LogP contribution < -0.4 is 15.8 Å².